The van der Waals surface area contributed by atoms with Crippen molar-refractivity contribution >= 4 is 17.7 Å². The van der Waals surface area contributed by atoms with Crippen LogP contribution in [0, 0.1) is 6.92 Å². The van der Waals surface area contributed by atoms with E-state index in [-0.39, 0.29) is 12.0 Å². The van der Waals surface area contributed by atoms with Crippen LogP contribution in [0.2, 0.25) is 0 Å². The van der Waals surface area contributed by atoms with Crippen molar-refractivity contribution in [1.82, 2.24) is 20.1 Å². The van der Waals surface area contributed by atoms with Crippen LogP contribution in [0.25, 0.3) is 5.69 Å². The Morgan fingerprint density at radius 2 is 2.19 bits per heavy atom. The highest BCUT2D eigenvalue weighted by atomic mass is 32.2. The number of amides is 1. The number of carbonyl (C=O) groups excluding carboxylic acids is 1. The number of aromatic nitrogens is 3. The average molecular weight is 376 g/mol. The van der Waals surface area contributed by atoms with E-state index in [9.17, 15) is 4.79 Å². The van der Waals surface area contributed by atoms with Crippen LogP contribution in [0.15, 0.2) is 29.4 Å². The second-order valence-electron chi connectivity index (χ2n) is 6.02. The highest BCUT2D eigenvalue weighted by molar-refractivity contribution is 7.99. The molecule has 8 heteroatoms. The molecule has 1 atom stereocenters. The smallest absolute Gasteiger partial charge is 0.230 e. The molecular formula is C18H24N4O3S. The van der Waals surface area contributed by atoms with E-state index in [1.54, 1.807) is 0 Å². The fourth-order valence-corrected chi connectivity index (χ4v) is 3.63. The normalized spacial score (nSPS) is 16.6. The van der Waals surface area contributed by atoms with Gasteiger partial charge in [-0.1, -0.05) is 11.8 Å². The molecule has 0 bridgehead atoms. The third-order valence-electron chi connectivity index (χ3n) is 4.08. The van der Waals surface area contributed by atoms with Gasteiger partial charge < -0.3 is 14.8 Å². The maximum atomic E-state index is 12.1. The zero-order valence-corrected chi connectivity index (χ0v) is 15.9. The molecule has 0 aliphatic carbocycles. The topological polar surface area (TPSA) is 78.3 Å². The van der Waals surface area contributed by atoms with Crippen LogP contribution >= 0.6 is 11.8 Å². The van der Waals surface area contributed by atoms with E-state index in [4.69, 9.17) is 9.47 Å². The highest BCUT2D eigenvalue weighted by Crippen LogP contribution is 2.23. The molecular weight excluding hydrogens is 352 g/mol. The Balaban J connectivity index is 1.59. The zero-order chi connectivity index (χ0) is 18.4. The summed E-state index contributed by atoms with van der Waals surface area (Å²) in [5, 5.41) is 12.0. The van der Waals surface area contributed by atoms with E-state index in [1.165, 1.54) is 11.8 Å². The van der Waals surface area contributed by atoms with Gasteiger partial charge in [0.15, 0.2) is 5.16 Å². The van der Waals surface area contributed by atoms with Crippen molar-refractivity contribution in [2.24, 2.45) is 0 Å². The van der Waals surface area contributed by atoms with Gasteiger partial charge in [-0.15, -0.1) is 10.2 Å². The van der Waals surface area contributed by atoms with E-state index in [0.717, 1.165) is 36.7 Å². The SMILES string of the molecule is CCOc1ccc(-n2c(C)nnc2SCC(=O)NC[C@@H]2CCCO2)cc1. The van der Waals surface area contributed by atoms with Gasteiger partial charge in [0.2, 0.25) is 5.91 Å². The summed E-state index contributed by atoms with van der Waals surface area (Å²) in [4.78, 5) is 12.1. The number of hydrogen-bond donors (Lipinski definition) is 1. The maximum absolute atomic E-state index is 12.1. The first-order valence-electron chi connectivity index (χ1n) is 8.83. The predicted molar refractivity (Wildman–Crippen MR) is 100.0 cm³/mol. The number of benzene rings is 1. The van der Waals surface area contributed by atoms with Crippen molar-refractivity contribution in [2.75, 3.05) is 25.5 Å². The predicted octanol–water partition coefficient (Wildman–Crippen LogP) is 2.36. The number of carbonyl (C=O) groups is 1. The Bertz CT molecular complexity index is 727. The minimum atomic E-state index is -0.0237. The number of nitrogens with zero attached hydrogens (tertiary/aromatic N) is 3. The van der Waals surface area contributed by atoms with Crippen LogP contribution < -0.4 is 10.1 Å². The number of nitrogens with one attached hydrogen (secondary N) is 1. The highest BCUT2D eigenvalue weighted by Gasteiger charge is 2.17. The first-order chi connectivity index (χ1) is 12.7. The molecule has 1 amide bonds. The second-order valence-corrected chi connectivity index (χ2v) is 6.96. The minimum absolute atomic E-state index is 0.0237. The van der Waals surface area contributed by atoms with Gasteiger partial charge in [-0.05, 0) is 51.0 Å². The van der Waals surface area contributed by atoms with Gasteiger partial charge in [-0.25, -0.2) is 0 Å². The van der Waals surface area contributed by atoms with Crippen molar-refractivity contribution in [3.63, 3.8) is 0 Å². The third kappa shape index (κ3) is 4.76. The van der Waals surface area contributed by atoms with Gasteiger partial charge in [0.25, 0.3) is 0 Å². The summed E-state index contributed by atoms with van der Waals surface area (Å²) in [6, 6.07) is 7.76. The standard InChI is InChI=1S/C18H24N4O3S/c1-3-24-15-8-6-14(7-9-15)22-13(2)20-21-18(22)26-12-17(23)19-11-16-5-4-10-25-16/h6-9,16H,3-5,10-12H2,1-2H3,(H,19,23)/t16-/m0/s1. The monoisotopic (exact) mass is 376 g/mol. The number of ether oxygens (including phenoxy) is 2. The number of rotatable bonds is 8. The Kier molecular flexibility index (Phi) is 6.51. The van der Waals surface area contributed by atoms with Crippen molar-refractivity contribution in [3.05, 3.63) is 30.1 Å². The molecule has 0 radical (unpaired) electrons. The van der Waals surface area contributed by atoms with E-state index < -0.39 is 0 Å². The molecule has 1 aliphatic heterocycles. The lowest BCUT2D eigenvalue weighted by Crippen LogP contribution is -2.32. The molecule has 140 valence electrons. The number of thioether (sulfide) groups is 1. The Morgan fingerprint density at radius 1 is 1.38 bits per heavy atom. The Hall–Kier alpha value is -2.06. The van der Waals surface area contributed by atoms with Crippen molar-refractivity contribution in [2.45, 2.75) is 37.9 Å². The average Bonchev–Trinajstić information content (AvgIpc) is 3.29. The molecule has 1 aromatic heterocycles. The molecule has 1 aliphatic rings. The van der Waals surface area contributed by atoms with Crippen LogP contribution in [-0.4, -0.2) is 52.3 Å². The molecule has 1 N–H and O–H groups in total. The summed E-state index contributed by atoms with van der Waals surface area (Å²) in [6.45, 7) is 5.85. The van der Waals surface area contributed by atoms with Crippen molar-refractivity contribution in [1.29, 1.82) is 0 Å². The van der Waals surface area contributed by atoms with E-state index in [2.05, 4.69) is 15.5 Å². The van der Waals surface area contributed by atoms with Crippen LogP contribution in [-0.2, 0) is 9.53 Å². The molecule has 26 heavy (non-hydrogen) atoms. The van der Waals surface area contributed by atoms with Gasteiger partial charge in [-0.3, -0.25) is 9.36 Å². The minimum Gasteiger partial charge on any atom is -0.494 e. The first-order valence-corrected chi connectivity index (χ1v) is 9.82. The second kappa shape index (κ2) is 9.05. The fraction of sp³-hybridized carbons (Fsp3) is 0.500. The Labute approximate surface area is 157 Å². The molecule has 1 fully saturated rings. The number of aryl methyl sites for hydroxylation is 1. The van der Waals surface area contributed by atoms with E-state index in [1.807, 2.05) is 42.7 Å². The summed E-state index contributed by atoms with van der Waals surface area (Å²) < 4.78 is 12.9. The van der Waals surface area contributed by atoms with Crippen molar-refractivity contribution < 1.29 is 14.3 Å². The lowest BCUT2D eigenvalue weighted by Gasteiger charge is -2.11. The number of hydrogen-bond acceptors (Lipinski definition) is 6. The fourth-order valence-electron chi connectivity index (χ4n) is 2.81. The lowest BCUT2D eigenvalue weighted by molar-refractivity contribution is -0.119. The van der Waals surface area contributed by atoms with Crippen LogP contribution in [0.1, 0.15) is 25.6 Å². The summed E-state index contributed by atoms with van der Waals surface area (Å²) in [5.74, 6) is 1.87. The summed E-state index contributed by atoms with van der Waals surface area (Å²) in [5.41, 5.74) is 0.943. The van der Waals surface area contributed by atoms with Crippen molar-refractivity contribution in [3.8, 4) is 11.4 Å². The van der Waals surface area contributed by atoms with E-state index in [0.29, 0.717) is 24.1 Å². The maximum Gasteiger partial charge on any atom is 0.230 e. The van der Waals surface area contributed by atoms with Gasteiger partial charge in [0.1, 0.15) is 11.6 Å². The molecule has 0 saturated carbocycles. The van der Waals surface area contributed by atoms with Gasteiger partial charge in [0.05, 0.1) is 18.5 Å². The largest absolute Gasteiger partial charge is 0.494 e. The van der Waals surface area contributed by atoms with Crippen LogP contribution in [0.3, 0.4) is 0 Å². The first kappa shape index (κ1) is 18.7. The molecule has 1 aromatic carbocycles. The third-order valence-corrected chi connectivity index (χ3v) is 5.01. The zero-order valence-electron chi connectivity index (χ0n) is 15.1. The molecule has 2 aromatic rings. The van der Waals surface area contributed by atoms with Gasteiger partial charge in [0, 0.05) is 18.8 Å². The van der Waals surface area contributed by atoms with Gasteiger partial charge >= 0.3 is 0 Å². The Morgan fingerprint density at radius 3 is 2.88 bits per heavy atom. The molecule has 0 unspecified atom stereocenters. The van der Waals surface area contributed by atoms with Gasteiger partial charge in [-0.2, -0.15) is 0 Å². The summed E-state index contributed by atoms with van der Waals surface area (Å²) >= 11 is 1.37. The molecule has 3 rings (SSSR count). The summed E-state index contributed by atoms with van der Waals surface area (Å²) in [7, 11) is 0. The van der Waals surface area contributed by atoms with Crippen LogP contribution in [0.4, 0.5) is 0 Å². The lowest BCUT2D eigenvalue weighted by atomic mass is 10.2. The van der Waals surface area contributed by atoms with Crippen LogP contribution in [0.5, 0.6) is 5.75 Å². The van der Waals surface area contributed by atoms with E-state index >= 15 is 0 Å². The molecule has 7 nitrogen and oxygen atoms in total. The summed E-state index contributed by atoms with van der Waals surface area (Å²) in [6.07, 6.45) is 2.23. The molecule has 0 spiro atoms. The quantitative estimate of drug-likeness (QED) is 0.713. The molecule has 1 saturated heterocycles. The molecule has 2 heterocycles.